The molecule has 1 fully saturated rings. The van der Waals surface area contributed by atoms with Crippen molar-refractivity contribution < 1.29 is 4.39 Å². The van der Waals surface area contributed by atoms with Crippen LogP contribution in [0.1, 0.15) is 38.2 Å². The highest BCUT2D eigenvalue weighted by Gasteiger charge is 2.20. The van der Waals surface area contributed by atoms with Crippen LogP contribution in [0, 0.1) is 11.7 Å². The average molecular weight is 330 g/mol. The lowest BCUT2D eigenvalue weighted by atomic mass is 9.91. The molecule has 4 heteroatoms. The van der Waals surface area contributed by atoms with Crippen molar-refractivity contribution in [2.24, 2.45) is 5.92 Å². The molecular weight excluding hydrogens is 305 g/mol. The lowest BCUT2D eigenvalue weighted by molar-refractivity contribution is 0.360. The average Bonchev–Trinajstić information content (AvgIpc) is 2.50. The Morgan fingerprint density at radius 3 is 2.86 bits per heavy atom. The van der Waals surface area contributed by atoms with E-state index in [0.29, 0.717) is 6.04 Å². The van der Waals surface area contributed by atoms with Gasteiger partial charge in [0.25, 0.3) is 0 Å². The molecular formula is C17H25ClFNS. The molecule has 1 aliphatic rings. The van der Waals surface area contributed by atoms with Gasteiger partial charge in [0.15, 0.2) is 0 Å². The molecule has 1 saturated heterocycles. The zero-order chi connectivity index (χ0) is 15.1. The summed E-state index contributed by atoms with van der Waals surface area (Å²) < 4.78 is 14.1. The molecule has 1 aromatic rings. The number of nitrogens with one attached hydrogen (secondary N) is 1. The van der Waals surface area contributed by atoms with Gasteiger partial charge in [0.05, 0.1) is 5.02 Å². The molecule has 2 rings (SSSR count). The van der Waals surface area contributed by atoms with Crippen molar-refractivity contribution in [3.8, 4) is 0 Å². The maximum atomic E-state index is 14.1. The smallest absolute Gasteiger partial charge is 0.145 e. The van der Waals surface area contributed by atoms with Crippen LogP contribution in [0.5, 0.6) is 0 Å². The fourth-order valence-corrected chi connectivity index (χ4v) is 4.34. The molecule has 0 spiro atoms. The minimum atomic E-state index is -0.248. The lowest BCUT2D eigenvalue weighted by Crippen LogP contribution is -2.34. The van der Waals surface area contributed by atoms with E-state index in [1.807, 2.05) is 12.1 Å². The second-order valence-corrected chi connectivity index (χ2v) is 7.49. The second kappa shape index (κ2) is 9.02. The summed E-state index contributed by atoms with van der Waals surface area (Å²) in [5.41, 5.74) is 0.737. The minimum Gasteiger partial charge on any atom is -0.314 e. The molecule has 1 unspecified atom stereocenters. The Morgan fingerprint density at radius 1 is 1.38 bits per heavy atom. The summed E-state index contributed by atoms with van der Waals surface area (Å²) in [5.74, 6) is 3.08. The van der Waals surface area contributed by atoms with Crippen molar-refractivity contribution in [3.05, 3.63) is 34.6 Å². The van der Waals surface area contributed by atoms with Crippen LogP contribution in [0.15, 0.2) is 18.2 Å². The van der Waals surface area contributed by atoms with Crippen molar-refractivity contribution >= 4 is 23.4 Å². The van der Waals surface area contributed by atoms with Crippen LogP contribution in [-0.2, 0) is 6.42 Å². The van der Waals surface area contributed by atoms with Crippen LogP contribution < -0.4 is 5.32 Å². The summed E-state index contributed by atoms with van der Waals surface area (Å²) in [6, 6.07) is 5.67. The molecule has 1 aromatic carbocycles. The highest BCUT2D eigenvalue weighted by Crippen LogP contribution is 2.28. The van der Waals surface area contributed by atoms with Crippen LogP contribution in [0.2, 0.25) is 5.02 Å². The molecule has 1 N–H and O–H groups in total. The van der Waals surface area contributed by atoms with E-state index in [9.17, 15) is 4.39 Å². The molecule has 1 heterocycles. The van der Waals surface area contributed by atoms with Gasteiger partial charge in [-0.05, 0) is 67.7 Å². The molecule has 0 radical (unpaired) electrons. The topological polar surface area (TPSA) is 12.0 Å². The van der Waals surface area contributed by atoms with Gasteiger partial charge in [-0.25, -0.2) is 4.39 Å². The Labute approximate surface area is 137 Å². The van der Waals surface area contributed by atoms with Gasteiger partial charge in [0, 0.05) is 6.04 Å². The lowest BCUT2D eigenvalue weighted by Gasteiger charge is -2.27. The minimum absolute atomic E-state index is 0.232. The van der Waals surface area contributed by atoms with Gasteiger partial charge in [-0.1, -0.05) is 30.7 Å². The molecule has 21 heavy (non-hydrogen) atoms. The number of benzene rings is 1. The molecule has 1 nitrogen and oxygen atoms in total. The van der Waals surface area contributed by atoms with E-state index in [2.05, 4.69) is 24.0 Å². The van der Waals surface area contributed by atoms with E-state index in [1.165, 1.54) is 24.3 Å². The molecule has 0 bridgehead atoms. The van der Waals surface area contributed by atoms with Gasteiger partial charge >= 0.3 is 0 Å². The number of thioether (sulfide) groups is 1. The number of rotatable bonds is 7. The normalized spacial score (nSPS) is 17.9. The van der Waals surface area contributed by atoms with E-state index in [0.717, 1.165) is 37.3 Å². The van der Waals surface area contributed by atoms with Gasteiger partial charge in [0.1, 0.15) is 5.82 Å². The van der Waals surface area contributed by atoms with Crippen LogP contribution in [0.4, 0.5) is 4.39 Å². The maximum absolute atomic E-state index is 14.1. The standard InChI is InChI=1S/C17H25ClFNS/c1-2-8-20-15(11-13-6-9-21-10-7-13)12-14-4-3-5-16(18)17(14)19/h3-5,13,15,20H,2,6-12H2,1H3. The predicted molar refractivity (Wildman–Crippen MR) is 91.9 cm³/mol. The molecule has 0 aliphatic carbocycles. The zero-order valence-electron chi connectivity index (χ0n) is 12.7. The molecule has 118 valence electrons. The van der Waals surface area contributed by atoms with Gasteiger partial charge in [-0.2, -0.15) is 11.8 Å². The van der Waals surface area contributed by atoms with Gasteiger partial charge in [-0.15, -0.1) is 0 Å². The molecule has 1 atom stereocenters. The highest BCUT2D eigenvalue weighted by atomic mass is 35.5. The van der Waals surface area contributed by atoms with E-state index in [1.54, 1.807) is 6.07 Å². The van der Waals surface area contributed by atoms with Crippen molar-refractivity contribution in [2.75, 3.05) is 18.1 Å². The summed E-state index contributed by atoms with van der Waals surface area (Å²) in [6.07, 6.45) is 5.58. The Balaban J connectivity index is 1.99. The third-order valence-electron chi connectivity index (χ3n) is 4.14. The maximum Gasteiger partial charge on any atom is 0.145 e. The number of halogens is 2. The summed E-state index contributed by atoms with van der Waals surface area (Å²) in [5, 5.41) is 3.83. The van der Waals surface area contributed by atoms with Crippen molar-refractivity contribution in [1.82, 2.24) is 5.32 Å². The first-order valence-electron chi connectivity index (χ1n) is 7.94. The van der Waals surface area contributed by atoms with E-state index >= 15 is 0 Å². The SMILES string of the molecule is CCCNC(Cc1cccc(Cl)c1F)CC1CCSCC1. The Kier molecular flexibility index (Phi) is 7.35. The van der Waals surface area contributed by atoms with E-state index < -0.39 is 0 Å². The largest absolute Gasteiger partial charge is 0.314 e. The quantitative estimate of drug-likeness (QED) is 0.761. The van der Waals surface area contributed by atoms with E-state index in [4.69, 9.17) is 11.6 Å². The third kappa shape index (κ3) is 5.46. The Hall–Kier alpha value is -0.250. The van der Waals surface area contributed by atoms with Crippen LogP contribution in [0.3, 0.4) is 0 Å². The van der Waals surface area contributed by atoms with Gasteiger partial charge < -0.3 is 5.32 Å². The van der Waals surface area contributed by atoms with E-state index in [-0.39, 0.29) is 10.8 Å². The summed E-state index contributed by atoms with van der Waals surface area (Å²) in [4.78, 5) is 0. The van der Waals surface area contributed by atoms with Crippen molar-refractivity contribution in [2.45, 2.75) is 45.1 Å². The first kappa shape index (κ1) is 17.1. The zero-order valence-corrected chi connectivity index (χ0v) is 14.3. The number of hydrogen-bond acceptors (Lipinski definition) is 2. The number of hydrogen-bond donors (Lipinski definition) is 1. The van der Waals surface area contributed by atoms with Crippen molar-refractivity contribution in [3.63, 3.8) is 0 Å². The first-order valence-corrected chi connectivity index (χ1v) is 9.48. The summed E-state index contributed by atoms with van der Waals surface area (Å²) in [7, 11) is 0. The predicted octanol–water partition coefficient (Wildman–Crippen LogP) is 4.92. The Morgan fingerprint density at radius 2 is 2.14 bits per heavy atom. The molecule has 0 amide bonds. The van der Waals surface area contributed by atoms with Crippen LogP contribution >= 0.6 is 23.4 Å². The highest BCUT2D eigenvalue weighted by molar-refractivity contribution is 7.99. The van der Waals surface area contributed by atoms with Crippen LogP contribution in [0.25, 0.3) is 0 Å². The van der Waals surface area contributed by atoms with Gasteiger partial charge in [0.2, 0.25) is 0 Å². The first-order chi connectivity index (χ1) is 10.2. The van der Waals surface area contributed by atoms with Crippen LogP contribution in [-0.4, -0.2) is 24.1 Å². The molecule has 0 saturated carbocycles. The fraction of sp³-hybridized carbons (Fsp3) is 0.647. The monoisotopic (exact) mass is 329 g/mol. The molecule has 0 aromatic heterocycles. The fourth-order valence-electron chi connectivity index (χ4n) is 2.94. The molecule has 1 aliphatic heterocycles. The third-order valence-corrected chi connectivity index (χ3v) is 5.48. The summed E-state index contributed by atoms with van der Waals surface area (Å²) in [6.45, 7) is 3.16. The Bertz CT molecular complexity index is 435. The van der Waals surface area contributed by atoms with Crippen molar-refractivity contribution in [1.29, 1.82) is 0 Å². The summed E-state index contributed by atoms with van der Waals surface area (Å²) >= 11 is 7.95. The second-order valence-electron chi connectivity index (χ2n) is 5.86. The van der Waals surface area contributed by atoms with Gasteiger partial charge in [-0.3, -0.25) is 0 Å².